The molecule has 0 atom stereocenters. The van der Waals surface area contributed by atoms with Crippen LogP contribution >= 0.6 is 0 Å². The van der Waals surface area contributed by atoms with Gasteiger partial charge in [0, 0.05) is 11.8 Å². The molecule has 0 saturated heterocycles. The summed E-state index contributed by atoms with van der Waals surface area (Å²) < 4.78 is 5.57. The van der Waals surface area contributed by atoms with Crippen molar-refractivity contribution in [2.45, 2.75) is 48.0 Å². The van der Waals surface area contributed by atoms with Gasteiger partial charge in [-0.05, 0) is 5.41 Å². The number of nitrogens with two attached hydrogens (primary N) is 1. The van der Waals surface area contributed by atoms with Crippen LogP contribution in [-0.2, 0) is 4.74 Å². The minimum atomic E-state index is -0.0895. The molecule has 0 radical (unpaired) electrons. The SMILES string of the molecule is C=C(O/C(CC(C)(C)C)=N\N)C(C)(C)C. The summed E-state index contributed by atoms with van der Waals surface area (Å²) in [6.07, 6.45) is 0.707. The summed E-state index contributed by atoms with van der Waals surface area (Å²) in [6, 6.07) is 0. The van der Waals surface area contributed by atoms with Crippen LogP contribution in [0.4, 0.5) is 0 Å². The van der Waals surface area contributed by atoms with E-state index in [-0.39, 0.29) is 10.8 Å². The fourth-order valence-electron chi connectivity index (χ4n) is 0.857. The largest absolute Gasteiger partial charge is 0.446 e. The summed E-state index contributed by atoms with van der Waals surface area (Å²) in [6.45, 7) is 16.3. The van der Waals surface area contributed by atoms with Gasteiger partial charge in [-0.25, -0.2) is 0 Å². The number of hydrogen-bond donors (Lipinski definition) is 1. The van der Waals surface area contributed by atoms with Crippen LogP contribution in [0.1, 0.15) is 48.0 Å². The van der Waals surface area contributed by atoms with E-state index in [0.29, 0.717) is 18.1 Å². The van der Waals surface area contributed by atoms with Crippen molar-refractivity contribution < 1.29 is 4.74 Å². The Labute approximate surface area is 93.4 Å². The lowest BCUT2D eigenvalue weighted by atomic mass is 9.91. The third kappa shape index (κ3) is 6.15. The van der Waals surface area contributed by atoms with Crippen LogP contribution in [0.2, 0.25) is 0 Å². The molecule has 0 heterocycles. The molecule has 3 nitrogen and oxygen atoms in total. The highest BCUT2D eigenvalue weighted by molar-refractivity contribution is 5.77. The average molecular weight is 212 g/mol. The lowest BCUT2D eigenvalue weighted by molar-refractivity contribution is 0.267. The highest BCUT2D eigenvalue weighted by Gasteiger charge is 2.21. The summed E-state index contributed by atoms with van der Waals surface area (Å²) in [7, 11) is 0. The molecule has 0 rings (SSSR count). The van der Waals surface area contributed by atoms with Crippen molar-refractivity contribution in [2.24, 2.45) is 21.8 Å². The smallest absolute Gasteiger partial charge is 0.211 e. The zero-order valence-corrected chi connectivity index (χ0v) is 10.8. The highest BCUT2D eigenvalue weighted by atomic mass is 16.5. The van der Waals surface area contributed by atoms with Crippen LogP contribution in [0, 0.1) is 10.8 Å². The van der Waals surface area contributed by atoms with E-state index in [0.717, 1.165) is 0 Å². The van der Waals surface area contributed by atoms with Gasteiger partial charge in [-0.15, -0.1) is 5.10 Å². The van der Waals surface area contributed by atoms with Crippen LogP contribution in [0.3, 0.4) is 0 Å². The second-order valence-corrected chi connectivity index (χ2v) is 6.04. The summed E-state index contributed by atoms with van der Waals surface area (Å²) in [4.78, 5) is 0. The Morgan fingerprint density at radius 3 is 1.93 bits per heavy atom. The second kappa shape index (κ2) is 4.69. The number of nitrogens with zero attached hydrogens (tertiary/aromatic N) is 1. The lowest BCUT2D eigenvalue weighted by Gasteiger charge is -2.25. The van der Waals surface area contributed by atoms with Crippen molar-refractivity contribution in [3.63, 3.8) is 0 Å². The summed E-state index contributed by atoms with van der Waals surface area (Å²) in [5.74, 6) is 6.53. The molecule has 3 heteroatoms. The topological polar surface area (TPSA) is 47.6 Å². The first-order valence-electron chi connectivity index (χ1n) is 5.20. The van der Waals surface area contributed by atoms with Crippen molar-refractivity contribution in [3.05, 3.63) is 12.3 Å². The van der Waals surface area contributed by atoms with Gasteiger partial charge in [-0.1, -0.05) is 48.1 Å². The van der Waals surface area contributed by atoms with Gasteiger partial charge in [0.15, 0.2) is 0 Å². The summed E-state index contributed by atoms with van der Waals surface area (Å²) in [5.41, 5.74) is 0.0180. The molecule has 0 bridgehead atoms. The van der Waals surface area contributed by atoms with E-state index >= 15 is 0 Å². The Morgan fingerprint density at radius 2 is 1.67 bits per heavy atom. The normalized spacial score (nSPS) is 13.9. The van der Waals surface area contributed by atoms with Crippen LogP contribution < -0.4 is 5.84 Å². The molecule has 0 fully saturated rings. The minimum absolute atomic E-state index is 0.0895. The van der Waals surface area contributed by atoms with E-state index in [1.54, 1.807) is 0 Å². The van der Waals surface area contributed by atoms with Crippen LogP contribution in [0.5, 0.6) is 0 Å². The molecule has 0 aliphatic carbocycles. The third-order valence-corrected chi connectivity index (χ3v) is 1.90. The van der Waals surface area contributed by atoms with Crippen LogP contribution in [-0.4, -0.2) is 5.90 Å². The molecule has 0 spiro atoms. The minimum Gasteiger partial charge on any atom is -0.446 e. The van der Waals surface area contributed by atoms with Crippen LogP contribution in [0.25, 0.3) is 0 Å². The van der Waals surface area contributed by atoms with Crippen molar-refractivity contribution in [1.82, 2.24) is 0 Å². The maximum atomic E-state index is 5.57. The van der Waals surface area contributed by atoms with E-state index in [1.807, 2.05) is 20.8 Å². The Morgan fingerprint density at radius 1 is 1.20 bits per heavy atom. The molecule has 0 amide bonds. The lowest BCUT2D eigenvalue weighted by Crippen LogP contribution is -2.21. The molecule has 2 N–H and O–H groups in total. The quantitative estimate of drug-likeness (QED) is 0.251. The van der Waals surface area contributed by atoms with E-state index in [1.165, 1.54) is 0 Å². The van der Waals surface area contributed by atoms with Crippen LogP contribution in [0.15, 0.2) is 17.4 Å². The second-order valence-electron chi connectivity index (χ2n) is 6.04. The summed E-state index contributed by atoms with van der Waals surface area (Å²) in [5, 5.41) is 3.66. The molecule has 0 aliphatic heterocycles. The fourth-order valence-corrected chi connectivity index (χ4v) is 0.857. The van der Waals surface area contributed by atoms with Gasteiger partial charge in [0.1, 0.15) is 5.76 Å². The number of ether oxygens (including phenoxy) is 1. The Hall–Kier alpha value is -0.990. The fraction of sp³-hybridized carbons (Fsp3) is 0.750. The molecular weight excluding hydrogens is 188 g/mol. The van der Waals surface area contributed by atoms with Gasteiger partial charge in [-0.2, -0.15) is 0 Å². The van der Waals surface area contributed by atoms with Gasteiger partial charge >= 0.3 is 0 Å². The van der Waals surface area contributed by atoms with Crippen molar-refractivity contribution >= 4 is 5.90 Å². The van der Waals surface area contributed by atoms with Gasteiger partial charge in [-0.3, -0.25) is 0 Å². The highest BCUT2D eigenvalue weighted by Crippen LogP contribution is 2.27. The molecule has 0 aromatic carbocycles. The Balaban J connectivity index is 4.45. The zero-order valence-electron chi connectivity index (χ0n) is 10.8. The number of rotatable bonds is 2. The molecule has 15 heavy (non-hydrogen) atoms. The van der Waals surface area contributed by atoms with Gasteiger partial charge in [0.25, 0.3) is 0 Å². The van der Waals surface area contributed by atoms with Gasteiger partial charge in [0.2, 0.25) is 5.90 Å². The maximum Gasteiger partial charge on any atom is 0.211 e. The Bertz CT molecular complexity index is 254. The summed E-state index contributed by atoms with van der Waals surface area (Å²) >= 11 is 0. The molecular formula is C12H24N2O. The predicted molar refractivity (Wildman–Crippen MR) is 65.4 cm³/mol. The first-order valence-corrected chi connectivity index (χ1v) is 5.20. The van der Waals surface area contributed by atoms with Gasteiger partial charge < -0.3 is 10.6 Å². The zero-order chi connectivity index (χ0) is 12.3. The van der Waals surface area contributed by atoms with E-state index in [9.17, 15) is 0 Å². The average Bonchev–Trinajstić information content (AvgIpc) is 1.98. The van der Waals surface area contributed by atoms with E-state index < -0.39 is 0 Å². The number of allylic oxidation sites excluding steroid dienone is 1. The van der Waals surface area contributed by atoms with Crippen molar-refractivity contribution in [3.8, 4) is 0 Å². The molecule has 0 unspecified atom stereocenters. The van der Waals surface area contributed by atoms with Crippen molar-refractivity contribution in [2.75, 3.05) is 0 Å². The van der Waals surface area contributed by atoms with E-state index in [4.69, 9.17) is 10.6 Å². The predicted octanol–water partition coefficient (Wildman–Crippen LogP) is 3.27. The molecule has 0 aliphatic rings. The van der Waals surface area contributed by atoms with E-state index in [2.05, 4.69) is 32.5 Å². The molecule has 0 aromatic heterocycles. The first-order chi connectivity index (χ1) is 6.56. The van der Waals surface area contributed by atoms with Gasteiger partial charge in [0.05, 0.1) is 0 Å². The Kier molecular flexibility index (Phi) is 4.38. The molecule has 0 saturated carbocycles. The maximum absolute atomic E-state index is 5.57. The molecule has 88 valence electrons. The molecule has 0 aromatic rings. The number of hydrazone groups is 1. The first kappa shape index (κ1) is 14.0. The number of hydrogen-bond acceptors (Lipinski definition) is 3. The monoisotopic (exact) mass is 212 g/mol. The standard InChI is InChI=1S/C12H24N2O/c1-9(12(5,6)7)15-10(14-13)8-11(2,3)4/h1,8,13H2,2-7H3/b14-10-. The third-order valence-electron chi connectivity index (χ3n) is 1.90. The van der Waals surface area contributed by atoms with Crippen molar-refractivity contribution in [1.29, 1.82) is 0 Å².